The number of nitrogen functional groups attached to an aromatic ring is 1. The van der Waals surface area contributed by atoms with Gasteiger partial charge in [-0.1, -0.05) is 19.4 Å². The van der Waals surface area contributed by atoms with Gasteiger partial charge in [0.05, 0.1) is 22.9 Å². The monoisotopic (exact) mass is 541 g/mol. The van der Waals surface area contributed by atoms with Crippen LogP contribution in [0.3, 0.4) is 0 Å². The number of rotatable bonds is 7. The number of thiazole rings is 1. The molecule has 4 rings (SSSR count). The summed E-state index contributed by atoms with van der Waals surface area (Å²) in [6.45, 7) is 9.83. The Morgan fingerprint density at radius 3 is 2.55 bits per heavy atom. The summed E-state index contributed by atoms with van der Waals surface area (Å²) in [4.78, 5) is 30.8. The summed E-state index contributed by atoms with van der Waals surface area (Å²) in [6.07, 6.45) is 7.75. The molecule has 3 aromatic rings. The Kier molecular flexibility index (Phi) is 8.18. The second-order valence-electron chi connectivity index (χ2n) is 11.4. The molecule has 3 N–H and O–H groups in total. The third kappa shape index (κ3) is 6.04. The van der Waals surface area contributed by atoms with Crippen LogP contribution < -0.4 is 5.73 Å². The zero-order chi connectivity index (χ0) is 27.7. The third-order valence-electron chi connectivity index (χ3n) is 7.22. The lowest BCUT2D eigenvalue weighted by atomic mass is 9.74. The van der Waals surface area contributed by atoms with Gasteiger partial charge in [0.1, 0.15) is 16.2 Å². The number of ether oxygens (including phenoxy) is 2. The van der Waals surface area contributed by atoms with Gasteiger partial charge < -0.3 is 20.3 Å². The molecule has 206 valence electrons. The van der Waals surface area contributed by atoms with Crippen molar-refractivity contribution in [2.24, 2.45) is 11.8 Å². The lowest BCUT2D eigenvalue weighted by Gasteiger charge is -2.36. The van der Waals surface area contributed by atoms with E-state index in [0.717, 1.165) is 41.5 Å². The zero-order valence-electron chi connectivity index (χ0n) is 23.0. The highest BCUT2D eigenvalue weighted by atomic mass is 32.1. The normalized spacial score (nSPS) is 19.7. The van der Waals surface area contributed by atoms with Gasteiger partial charge in [-0.15, -0.1) is 11.3 Å². The molecular formula is C29H39N3O5S. The van der Waals surface area contributed by atoms with Crippen molar-refractivity contribution in [3.63, 3.8) is 0 Å². The van der Waals surface area contributed by atoms with Gasteiger partial charge in [-0.05, 0) is 77.8 Å². The fourth-order valence-corrected chi connectivity index (χ4v) is 6.10. The highest BCUT2D eigenvalue weighted by molar-refractivity contribution is 7.15. The van der Waals surface area contributed by atoms with Gasteiger partial charge in [0, 0.05) is 29.0 Å². The number of aromatic nitrogens is 2. The summed E-state index contributed by atoms with van der Waals surface area (Å²) in [7, 11) is 0. The molecular weight excluding hydrogens is 502 g/mol. The highest BCUT2D eigenvalue weighted by Gasteiger charge is 2.40. The van der Waals surface area contributed by atoms with E-state index in [1.165, 1.54) is 15.9 Å². The summed E-state index contributed by atoms with van der Waals surface area (Å²) in [5.74, 6) is -0.226. The van der Waals surface area contributed by atoms with Gasteiger partial charge in [0.15, 0.2) is 0 Å². The molecule has 0 saturated heterocycles. The molecule has 0 amide bonds. The lowest BCUT2D eigenvalue weighted by Crippen LogP contribution is -2.36. The molecule has 38 heavy (non-hydrogen) atoms. The lowest BCUT2D eigenvalue weighted by molar-refractivity contribution is -0.151. The van der Waals surface area contributed by atoms with E-state index in [2.05, 4.69) is 11.9 Å². The number of fused-ring (bicyclic) bond motifs is 1. The summed E-state index contributed by atoms with van der Waals surface area (Å²) < 4.78 is 12.5. The van der Waals surface area contributed by atoms with Crippen LogP contribution in [0, 0.1) is 11.8 Å². The van der Waals surface area contributed by atoms with Crippen LogP contribution in [0.4, 0.5) is 10.5 Å². The van der Waals surface area contributed by atoms with Crippen LogP contribution in [-0.2, 0) is 19.9 Å². The minimum absolute atomic E-state index is 0.0101. The van der Waals surface area contributed by atoms with Crippen LogP contribution in [0.15, 0.2) is 30.6 Å². The molecule has 0 spiro atoms. The van der Waals surface area contributed by atoms with Crippen molar-refractivity contribution in [2.75, 3.05) is 12.3 Å². The number of anilines is 1. The van der Waals surface area contributed by atoms with E-state index in [0.29, 0.717) is 35.7 Å². The number of benzene rings is 1. The predicted octanol–water partition coefficient (Wildman–Crippen LogP) is 6.49. The Bertz CT molecular complexity index is 1300. The number of carbonyl (C=O) groups excluding carboxylic acids is 2. The van der Waals surface area contributed by atoms with E-state index in [-0.39, 0.29) is 17.8 Å². The Morgan fingerprint density at radius 2 is 1.89 bits per heavy atom. The van der Waals surface area contributed by atoms with Crippen LogP contribution in [0.25, 0.3) is 21.3 Å². The number of carbonyl (C=O) groups is 2. The predicted molar refractivity (Wildman–Crippen MR) is 150 cm³/mol. The quantitative estimate of drug-likeness (QED) is 0.199. The van der Waals surface area contributed by atoms with E-state index in [9.17, 15) is 14.7 Å². The van der Waals surface area contributed by atoms with Crippen molar-refractivity contribution in [1.29, 1.82) is 0 Å². The summed E-state index contributed by atoms with van der Waals surface area (Å²) in [6, 6.07) is 5.45. The molecule has 1 aliphatic rings. The van der Waals surface area contributed by atoms with Crippen molar-refractivity contribution >= 4 is 40.0 Å². The first kappa shape index (κ1) is 28.1. The molecule has 9 heteroatoms. The largest absolute Gasteiger partial charge is 0.465 e. The SMILES string of the molecule is CCCCOC(=O)[C@H]1CC[C@H]([C@@](C)(O)c2ncc(-c3cn(C(=O)OC(C)(C)C)c4cc(N)ccc34)s2)CC1. The standard InChI is InChI=1S/C29H39N3O5S/c1-6-7-14-36-25(33)18-8-10-19(11-9-18)29(5,35)26-31-16-24(38-26)22-17-32(27(34)37-28(2,3)4)23-15-20(30)12-13-21(22)23/h12-13,15-19,35H,6-11,14,30H2,1-5H3/t18-,19-,29-/m1/s1. The van der Waals surface area contributed by atoms with E-state index in [1.807, 2.05) is 33.8 Å². The van der Waals surface area contributed by atoms with Crippen LogP contribution >= 0.6 is 11.3 Å². The Balaban J connectivity index is 1.54. The van der Waals surface area contributed by atoms with Gasteiger partial charge in [0.25, 0.3) is 0 Å². The fourth-order valence-electron chi connectivity index (χ4n) is 5.04. The highest BCUT2D eigenvalue weighted by Crippen LogP contribution is 2.44. The van der Waals surface area contributed by atoms with E-state index < -0.39 is 17.3 Å². The molecule has 1 fully saturated rings. The first-order valence-electron chi connectivity index (χ1n) is 13.4. The number of nitrogens with two attached hydrogens (primary N) is 1. The molecule has 0 radical (unpaired) electrons. The zero-order valence-corrected chi connectivity index (χ0v) is 23.8. The topological polar surface area (TPSA) is 117 Å². The molecule has 1 aliphatic carbocycles. The molecule has 1 atom stereocenters. The maximum atomic E-state index is 13.0. The van der Waals surface area contributed by atoms with Crippen LogP contribution in [0.5, 0.6) is 0 Å². The van der Waals surface area contributed by atoms with Crippen LogP contribution in [0.1, 0.15) is 78.2 Å². The molecule has 1 saturated carbocycles. The number of unbranched alkanes of at least 4 members (excludes halogenated alkanes) is 1. The molecule has 2 aromatic heterocycles. The maximum Gasteiger partial charge on any atom is 0.419 e. The first-order chi connectivity index (χ1) is 17.9. The van der Waals surface area contributed by atoms with E-state index in [4.69, 9.17) is 15.2 Å². The number of hydrogen-bond donors (Lipinski definition) is 2. The molecule has 8 nitrogen and oxygen atoms in total. The minimum Gasteiger partial charge on any atom is -0.465 e. The van der Waals surface area contributed by atoms with Crippen molar-refractivity contribution in [3.8, 4) is 10.4 Å². The van der Waals surface area contributed by atoms with Gasteiger partial charge in [-0.3, -0.25) is 9.36 Å². The number of nitrogens with zero attached hydrogens (tertiary/aromatic N) is 2. The Morgan fingerprint density at radius 1 is 1.18 bits per heavy atom. The fraction of sp³-hybridized carbons (Fsp3) is 0.552. The minimum atomic E-state index is -1.13. The molecule has 2 heterocycles. The molecule has 1 aromatic carbocycles. The van der Waals surface area contributed by atoms with Crippen molar-refractivity contribution in [2.45, 2.75) is 84.3 Å². The van der Waals surface area contributed by atoms with Crippen LogP contribution in [0.2, 0.25) is 0 Å². The summed E-state index contributed by atoms with van der Waals surface area (Å²) >= 11 is 1.42. The molecule has 0 unspecified atom stereocenters. The smallest absolute Gasteiger partial charge is 0.419 e. The van der Waals surface area contributed by atoms with Gasteiger partial charge in [0.2, 0.25) is 0 Å². The van der Waals surface area contributed by atoms with Crippen molar-refractivity contribution < 1.29 is 24.2 Å². The second-order valence-corrected chi connectivity index (χ2v) is 12.4. The van der Waals surface area contributed by atoms with Crippen molar-refractivity contribution in [3.05, 3.63) is 35.6 Å². The average molecular weight is 542 g/mol. The maximum absolute atomic E-state index is 13.0. The second kappa shape index (κ2) is 11.1. The van der Waals surface area contributed by atoms with Crippen molar-refractivity contribution in [1.82, 2.24) is 9.55 Å². The Labute approximate surface area is 228 Å². The van der Waals surface area contributed by atoms with Gasteiger partial charge in [-0.25, -0.2) is 9.78 Å². The summed E-state index contributed by atoms with van der Waals surface area (Å²) in [5, 5.41) is 13.0. The molecule has 0 bridgehead atoms. The summed E-state index contributed by atoms with van der Waals surface area (Å²) in [5.41, 5.74) is 6.28. The third-order valence-corrected chi connectivity index (χ3v) is 8.48. The molecule has 0 aliphatic heterocycles. The van der Waals surface area contributed by atoms with Crippen LogP contribution in [-0.4, -0.2) is 38.9 Å². The average Bonchev–Trinajstić information content (AvgIpc) is 3.48. The number of aliphatic hydroxyl groups is 1. The number of esters is 1. The number of hydrogen-bond acceptors (Lipinski definition) is 8. The Hall–Kier alpha value is -2.91. The van der Waals surface area contributed by atoms with E-state index >= 15 is 0 Å². The first-order valence-corrected chi connectivity index (χ1v) is 14.2. The van der Waals surface area contributed by atoms with Gasteiger partial charge >= 0.3 is 12.1 Å². The van der Waals surface area contributed by atoms with E-state index in [1.54, 1.807) is 24.5 Å². The van der Waals surface area contributed by atoms with Gasteiger partial charge in [-0.2, -0.15) is 0 Å².